The molecule has 2 aromatic heterocycles. The fraction of sp³-hybridized carbons (Fsp3) is 0.696. The number of hydrogen-bond donors (Lipinski definition) is 1. The van der Waals surface area contributed by atoms with E-state index < -0.39 is 0 Å². The summed E-state index contributed by atoms with van der Waals surface area (Å²) in [6.45, 7) is 9.91. The van der Waals surface area contributed by atoms with Gasteiger partial charge in [-0.1, -0.05) is 0 Å². The van der Waals surface area contributed by atoms with Crippen molar-refractivity contribution in [3.8, 4) is 11.4 Å². The first-order valence-electron chi connectivity index (χ1n) is 11.4. The van der Waals surface area contributed by atoms with Crippen molar-refractivity contribution < 1.29 is 4.74 Å². The van der Waals surface area contributed by atoms with E-state index in [0.29, 0.717) is 12.1 Å². The van der Waals surface area contributed by atoms with E-state index in [4.69, 9.17) is 4.74 Å². The zero-order valence-corrected chi connectivity index (χ0v) is 18.6. The zero-order valence-electron chi connectivity index (χ0n) is 18.6. The van der Waals surface area contributed by atoms with Gasteiger partial charge >= 0.3 is 0 Å². The van der Waals surface area contributed by atoms with Crippen molar-refractivity contribution >= 4 is 5.82 Å². The summed E-state index contributed by atoms with van der Waals surface area (Å²) >= 11 is 0. The summed E-state index contributed by atoms with van der Waals surface area (Å²) in [5, 5.41) is 16.8. The Labute approximate surface area is 179 Å². The molecule has 5 rings (SSSR count). The summed E-state index contributed by atoms with van der Waals surface area (Å²) in [6.07, 6.45) is 6.68. The average molecular weight is 411 g/mol. The molecule has 7 nitrogen and oxygen atoms in total. The smallest absolute Gasteiger partial charge is 0.148 e. The lowest BCUT2D eigenvalue weighted by molar-refractivity contribution is -0.0811. The van der Waals surface area contributed by atoms with Crippen LogP contribution in [-0.2, 0) is 11.8 Å². The molecular weight excluding hydrogens is 376 g/mol. The molecule has 0 spiro atoms. The van der Waals surface area contributed by atoms with Crippen LogP contribution < -0.4 is 5.32 Å². The van der Waals surface area contributed by atoms with Crippen molar-refractivity contribution in [2.75, 3.05) is 25.0 Å². The van der Waals surface area contributed by atoms with Gasteiger partial charge in [-0.3, -0.25) is 9.58 Å². The van der Waals surface area contributed by atoms with Crippen molar-refractivity contribution in [2.45, 2.75) is 64.1 Å². The lowest BCUT2D eigenvalue weighted by Gasteiger charge is -2.40. The largest absolute Gasteiger partial charge is 0.375 e. The molecule has 0 amide bonds. The third-order valence-electron chi connectivity index (χ3n) is 7.35. The van der Waals surface area contributed by atoms with Crippen molar-refractivity contribution in [1.82, 2.24) is 24.9 Å². The van der Waals surface area contributed by atoms with Gasteiger partial charge in [-0.2, -0.15) is 5.10 Å². The minimum absolute atomic E-state index is 0.0313. The van der Waals surface area contributed by atoms with E-state index in [2.05, 4.69) is 52.4 Å². The molecule has 162 valence electrons. The molecule has 0 bridgehead atoms. The predicted octanol–water partition coefficient (Wildman–Crippen LogP) is 3.27. The van der Waals surface area contributed by atoms with Crippen LogP contribution in [0, 0.1) is 18.8 Å². The van der Waals surface area contributed by atoms with E-state index >= 15 is 0 Å². The molecule has 0 aromatic carbocycles. The van der Waals surface area contributed by atoms with Crippen molar-refractivity contribution in [1.29, 1.82) is 0 Å². The van der Waals surface area contributed by atoms with E-state index in [-0.39, 0.29) is 5.60 Å². The van der Waals surface area contributed by atoms with Crippen LogP contribution >= 0.6 is 0 Å². The Morgan fingerprint density at radius 3 is 2.50 bits per heavy atom. The maximum atomic E-state index is 5.92. The normalized spacial score (nSPS) is 29.3. The number of hydrogen-bond acceptors (Lipinski definition) is 6. The number of likely N-dealkylation sites (tertiary alicyclic amines) is 1. The van der Waals surface area contributed by atoms with Crippen molar-refractivity contribution in [3.05, 3.63) is 23.9 Å². The first-order valence-corrected chi connectivity index (χ1v) is 11.4. The number of aromatic nitrogens is 4. The van der Waals surface area contributed by atoms with Gasteiger partial charge in [0.15, 0.2) is 0 Å². The van der Waals surface area contributed by atoms with Gasteiger partial charge in [0.05, 0.1) is 17.5 Å². The molecular formula is C23H34N6O. The fourth-order valence-corrected chi connectivity index (χ4v) is 5.92. The molecule has 30 heavy (non-hydrogen) atoms. The highest BCUT2D eigenvalue weighted by Crippen LogP contribution is 2.41. The van der Waals surface area contributed by atoms with Crippen LogP contribution in [0.1, 0.15) is 45.1 Å². The maximum absolute atomic E-state index is 5.92. The van der Waals surface area contributed by atoms with Gasteiger partial charge in [0.25, 0.3) is 0 Å². The summed E-state index contributed by atoms with van der Waals surface area (Å²) in [7, 11) is 1.94. The van der Waals surface area contributed by atoms with Gasteiger partial charge in [-0.25, -0.2) is 0 Å². The first kappa shape index (κ1) is 19.9. The summed E-state index contributed by atoms with van der Waals surface area (Å²) in [5.74, 6) is 2.49. The second-order valence-electron chi connectivity index (χ2n) is 10.1. The highest BCUT2D eigenvalue weighted by atomic mass is 16.5. The Bertz CT molecular complexity index is 858. The van der Waals surface area contributed by atoms with Gasteiger partial charge in [-0.15, -0.1) is 10.2 Å². The molecule has 7 heteroatoms. The molecule has 0 unspecified atom stereocenters. The third-order valence-corrected chi connectivity index (χ3v) is 7.35. The topological polar surface area (TPSA) is 68.1 Å². The maximum Gasteiger partial charge on any atom is 0.148 e. The molecule has 3 aliphatic rings. The van der Waals surface area contributed by atoms with Crippen LogP contribution in [0.2, 0.25) is 0 Å². The van der Waals surface area contributed by atoms with Gasteiger partial charge in [0, 0.05) is 38.8 Å². The minimum atomic E-state index is 0.0313. The molecule has 4 heterocycles. The molecule has 1 N–H and O–H groups in total. The van der Waals surface area contributed by atoms with E-state index in [1.54, 1.807) is 0 Å². The number of ether oxygens (including phenoxy) is 1. The highest BCUT2D eigenvalue weighted by molar-refractivity contribution is 5.59. The highest BCUT2D eigenvalue weighted by Gasteiger charge is 2.44. The van der Waals surface area contributed by atoms with Crippen LogP contribution in [0.3, 0.4) is 0 Å². The summed E-state index contributed by atoms with van der Waals surface area (Å²) in [5.41, 5.74) is 3.05. The standard InChI is InChI=1S/C23H34N6O/c1-15-12-24-28(4)22(15)20-5-6-21(27-26-20)25-18-9-16-13-29(14-17(16)10-18)19-7-8-30-23(2,3)11-19/h5-6,12,16-19H,7-11,13-14H2,1-4H3,(H,25,27)/t16-,17-,19+/m1/s1. The molecule has 3 atom stereocenters. The van der Waals surface area contributed by atoms with Crippen LogP contribution in [-0.4, -0.2) is 62.3 Å². The van der Waals surface area contributed by atoms with E-state index in [1.165, 1.54) is 32.4 Å². The molecule has 1 saturated carbocycles. The average Bonchev–Trinajstić information content (AvgIpc) is 3.35. The molecule has 2 aromatic rings. The first-order chi connectivity index (χ1) is 14.4. The van der Waals surface area contributed by atoms with E-state index in [9.17, 15) is 0 Å². The molecule has 0 radical (unpaired) electrons. The number of nitrogens with one attached hydrogen (secondary N) is 1. The Morgan fingerprint density at radius 1 is 1.13 bits per heavy atom. The van der Waals surface area contributed by atoms with Gasteiger partial charge in [0.2, 0.25) is 0 Å². The Hall–Kier alpha value is -1.99. The molecule has 2 saturated heterocycles. The number of anilines is 1. The summed E-state index contributed by atoms with van der Waals surface area (Å²) < 4.78 is 7.78. The summed E-state index contributed by atoms with van der Waals surface area (Å²) in [4.78, 5) is 2.75. The quantitative estimate of drug-likeness (QED) is 0.834. The van der Waals surface area contributed by atoms with E-state index in [1.807, 2.05) is 24.0 Å². The lowest BCUT2D eigenvalue weighted by atomic mass is 9.93. The minimum Gasteiger partial charge on any atom is -0.375 e. The van der Waals surface area contributed by atoms with Gasteiger partial charge in [-0.05, 0) is 76.0 Å². The van der Waals surface area contributed by atoms with Gasteiger partial charge in [0.1, 0.15) is 11.5 Å². The number of rotatable bonds is 4. The van der Waals surface area contributed by atoms with Crippen molar-refractivity contribution in [2.24, 2.45) is 18.9 Å². The molecule has 1 aliphatic carbocycles. The number of fused-ring (bicyclic) bond motifs is 1. The fourth-order valence-electron chi connectivity index (χ4n) is 5.92. The van der Waals surface area contributed by atoms with Crippen LogP contribution in [0.4, 0.5) is 5.82 Å². The van der Waals surface area contributed by atoms with Crippen LogP contribution in [0.15, 0.2) is 18.3 Å². The SMILES string of the molecule is Cc1cnn(C)c1-c1ccc(NC2C[C@@H]3CN([C@H]4CCOC(C)(C)C4)C[C@H]3C2)nn1. The van der Waals surface area contributed by atoms with E-state index in [0.717, 1.165) is 47.6 Å². The molecule has 3 fully saturated rings. The second-order valence-corrected chi connectivity index (χ2v) is 10.1. The Morgan fingerprint density at radius 2 is 1.90 bits per heavy atom. The Balaban J connectivity index is 1.17. The van der Waals surface area contributed by atoms with Crippen LogP contribution in [0.25, 0.3) is 11.4 Å². The molecule has 2 aliphatic heterocycles. The zero-order chi connectivity index (χ0) is 20.9. The second kappa shape index (κ2) is 7.61. The van der Waals surface area contributed by atoms with Crippen LogP contribution in [0.5, 0.6) is 0 Å². The predicted molar refractivity (Wildman–Crippen MR) is 117 cm³/mol. The van der Waals surface area contributed by atoms with Gasteiger partial charge < -0.3 is 10.1 Å². The lowest BCUT2D eigenvalue weighted by Crippen LogP contribution is -2.45. The third kappa shape index (κ3) is 3.85. The summed E-state index contributed by atoms with van der Waals surface area (Å²) in [6, 6.07) is 5.30. The monoisotopic (exact) mass is 410 g/mol. The number of aryl methyl sites for hydroxylation is 2. The van der Waals surface area contributed by atoms with Crippen molar-refractivity contribution in [3.63, 3.8) is 0 Å². The number of nitrogens with zero attached hydrogens (tertiary/aromatic N) is 5. The Kier molecular flexibility index (Phi) is 5.06.